The number of fused-ring (bicyclic) bond motifs is 3. The molecule has 0 aliphatic heterocycles. The maximum absolute atomic E-state index is 13.1. The molecule has 216 valence electrons. The first kappa shape index (κ1) is 28.9. The molecule has 0 heterocycles. The Labute approximate surface area is 247 Å². The van der Waals surface area contributed by atoms with Gasteiger partial charge in [-0.25, -0.2) is 9.59 Å². The summed E-state index contributed by atoms with van der Waals surface area (Å²) in [6, 6.07) is 31.2. The number of esters is 1. The zero-order valence-electron chi connectivity index (χ0n) is 24.3. The summed E-state index contributed by atoms with van der Waals surface area (Å²) in [5, 5.41) is 2.76. The molecule has 1 aliphatic rings. The third-order valence-electron chi connectivity index (χ3n) is 7.91. The van der Waals surface area contributed by atoms with Gasteiger partial charge in [0.25, 0.3) is 0 Å². The van der Waals surface area contributed by atoms with E-state index in [2.05, 4.69) is 48.6 Å². The van der Waals surface area contributed by atoms with Gasteiger partial charge in [-0.3, -0.25) is 0 Å². The summed E-state index contributed by atoms with van der Waals surface area (Å²) in [5.74, 6) is 0.0640. The Morgan fingerprint density at radius 1 is 0.762 bits per heavy atom. The summed E-state index contributed by atoms with van der Waals surface area (Å²) in [6.07, 6.45) is 0.0605. The van der Waals surface area contributed by atoms with E-state index in [0.29, 0.717) is 13.0 Å². The molecule has 0 fully saturated rings. The zero-order chi connectivity index (χ0) is 29.5. The van der Waals surface area contributed by atoms with E-state index in [1.165, 1.54) is 5.56 Å². The van der Waals surface area contributed by atoms with Gasteiger partial charge in [-0.05, 0) is 58.4 Å². The van der Waals surface area contributed by atoms with Gasteiger partial charge in [-0.15, -0.1) is 0 Å². The van der Waals surface area contributed by atoms with E-state index in [1.807, 2.05) is 74.5 Å². The number of carbonyl (C=O) groups is 2. The number of rotatable bonds is 11. The second-order valence-electron chi connectivity index (χ2n) is 10.9. The number of carbonyl (C=O) groups excluding carboxylic acids is 2. The molecule has 4 aromatic carbocycles. The Balaban J connectivity index is 1.14. The third-order valence-corrected chi connectivity index (χ3v) is 7.91. The lowest BCUT2D eigenvalue weighted by Gasteiger charge is -2.23. The lowest BCUT2D eigenvalue weighted by molar-refractivity contribution is -0.148. The fourth-order valence-corrected chi connectivity index (χ4v) is 5.21. The minimum atomic E-state index is -0.817. The van der Waals surface area contributed by atoms with Crippen LogP contribution in [-0.2, 0) is 27.5 Å². The third kappa shape index (κ3) is 6.82. The second-order valence-corrected chi connectivity index (χ2v) is 10.9. The van der Waals surface area contributed by atoms with E-state index in [1.54, 1.807) is 0 Å². The first-order valence-electron chi connectivity index (χ1n) is 14.5. The zero-order valence-corrected chi connectivity index (χ0v) is 24.3. The molecule has 0 spiro atoms. The summed E-state index contributed by atoms with van der Waals surface area (Å²) in [6.45, 7) is 6.69. The molecule has 0 aromatic heterocycles. The molecule has 0 saturated carbocycles. The van der Waals surface area contributed by atoms with Crippen molar-refractivity contribution in [2.75, 3.05) is 6.61 Å². The lowest BCUT2D eigenvalue weighted by Crippen LogP contribution is -2.46. The molecule has 0 bridgehead atoms. The Morgan fingerprint density at radius 3 is 1.95 bits per heavy atom. The molecule has 0 radical (unpaired) electrons. The topological polar surface area (TPSA) is 73.9 Å². The average Bonchev–Trinajstić information content (AvgIpc) is 3.35. The first-order valence-corrected chi connectivity index (χ1v) is 14.5. The van der Waals surface area contributed by atoms with Crippen LogP contribution >= 0.6 is 0 Å². The molecule has 1 N–H and O–H groups in total. The molecular weight excluding hydrogens is 526 g/mol. The van der Waals surface area contributed by atoms with Gasteiger partial charge in [0.1, 0.15) is 31.6 Å². The van der Waals surface area contributed by atoms with Crippen molar-refractivity contribution in [1.29, 1.82) is 0 Å². The largest absolute Gasteiger partial charge is 0.489 e. The fraction of sp³-hybridized carbons (Fsp3) is 0.278. The van der Waals surface area contributed by atoms with Crippen LogP contribution in [0.5, 0.6) is 5.75 Å². The van der Waals surface area contributed by atoms with Crippen LogP contribution in [0.15, 0.2) is 97.1 Å². The van der Waals surface area contributed by atoms with Crippen LogP contribution < -0.4 is 10.1 Å². The van der Waals surface area contributed by atoms with E-state index >= 15 is 0 Å². The van der Waals surface area contributed by atoms with Gasteiger partial charge < -0.3 is 19.5 Å². The van der Waals surface area contributed by atoms with Crippen LogP contribution in [0.1, 0.15) is 54.0 Å². The van der Waals surface area contributed by atoms with Crippen LogP contribution in [0.3, 0.4) is 0 Å². The molecule has 42 heavy (non-hydrogen) atoms. The monoisotopic (exact) mass is 563 g/mol. The van der Waals surface area contributed by atoms with Gasteiger partial charge in [0.2, 0.25) is 0 Å². The van der Waals surface area contributed by atoms with E-state index in [0.717, 1.165) is 39.1 Å². The minimum Gasteiger partial charge on any atom is -0.489 e. The van der Waals surface area contributed by atoms with Crippen molar-refractivity contribution < 1.29 is 23.8 Å². The van der Waals surface area contributed by atoms with Gasteiger partial charge in [0.05, 0.1) is 0 Å². The molecular formula is C36H37NO5. The van der Waals surface area contributed by atoms with Crippen molar-refractivity contribution in [3.63, 3.8) is 0 Å². The average molecular weight is 564 g/mol. The molecule has 0 saturated heterocycles. The van der Waals surface area contributed by atoms with Crippen LogP contribution in [0.4, 0.5) is 4.79 Å². The Kier molecular flexibility index (Phi) is 9.22. The van der Waals surface area contributed by atoms with E-state index in [-0.39, 0.29) is 25.0 Å². The standard InChI is InChI=1S/C36H37NO5/c1-4-25(3)34(35(38)41-22-27-17-19-28(20-18-27)40-21-26-15-13-24(2)14-16-26)37-36(39)42-23-33-31-11-7-5-9-29(31)30-10-6-8-12-32(30)33/h5-20,25,33-34H,4,21-23H2,1-3H3,(H,37,39)/t25-,34-/m0/s1. The molecule has 2 atom stereocenters. The number of ether oxygens (including phenoxy) is 3. The number of alkyl carbamates (subject to hydrolysis) is 1. The molecule has 1 amide bonds. The van der Waals surface area contributed by atoms with Gasteiger partial charge in [0, 0.05) is 5.92 Å². The van der Waals surface area contributed by atoms with Crippen molar-refractivity contribution in [3.05, 3.63) is 125 Å². The number of amides is 1. The highest BCUT2D eigenvalue weighted by Crippen LogP contribution is 2.44. The summed E-state index contributed by atoms with van der Waals surface area (Å²) in [7, 11) is 0. The quantitative estimate of drug-likeness (QED) is 0.191. The lowest BCUT2D eigenvalue weighted by atomic mass is 9.98. The SMILES string of the molecule is CC[C@H](C)[C@H](NC(=O)OCC1c2ccccc2-c2ccccc21)C(=O)OCc1ccc(OCc2ccc(C)cc2)cc1. The normalized spacial score (nSPS) is 13.4. The summed E-state index contributed by atoms with van der Waals surface area (Å²) >= 11 is 0. The van der Waals surface area contributed by atoms with E-state index in [4.69, 9.17) is 14.2 Å². The highest BCUT2D eigenvalue weighted by Gasteiger charge is 2.31. The van der Waals surface area contributed by atoms with Crippen molar-refractivity contribution in [3.8, 4) is 16.9 Å². The van der Waals surface area contributed by atoms with Crippen molar-refractivity contribution >= 4 is 12.1 Å². The van der Waals surface area contributed by atoms with Gasteiger partial charge >= 0.3 is 12.1 Å². The van der Waals surface area contributed by atoms with Crippen LogP contribution in [-0.4, -0.2) is 24.7 Å². The van der Waals surface area contributed by atoms with E-state index < -0.39 is 18.1 Å². The number of hydrogen-bond donors (Lipinski definition) is 1. The van der Waals surface area contributed by atoms with Crippen molar-refractivity contribution in [2.24, 2.45) is 5.92 Å². The molecule has 6 nitrogen and oxygen atoms in total. The number of benzene rings is 4. The van der Waals surface area contributed by atoms with Gasteiger partial charge in [-0.1, -0.05) is 111 Å². The first-order chi connectivity index (χ1) is 20.4. The second kappa shape index (κ2) is 13.4. The van der Waals surface area contributed by atoms with E-state index in [9.17, 15) is 9.59 Å². The molecule has 4 aromatic rings. The van der Waals surface area contributed by atoms with Crippen molar-refractivity contribution in [2.45, 2.75) is 52.4 Å². The smallest absolute Gasteiger partial charge is 0.407 e. The maximum Gasteiger partial charge on any atom is 0.407 e. The predicted octanol–water partition coefficient (Wildman–Crippen LogP) is 7.57. The molecule has 5 rings (SSSR count). The summed E-state index contributed by atoms with van der Waals surface area (Å²) in [4.78, 5) is 26.0. The number of nitrogens with one attached hydrogen (secondary N) is 1. The predicted molar refractivity (Wildman–Crippen MR) is 163 cm³/mol. The van der Waals surface area contributed by atoms with Crippen molar-refractivity contribution in [1.82, 2.24) is 5.32 Å². The summed E-state index contributed by atoms with van der Waals surface area (Å²) < 4.78 is 17.2. The molecule has 6 heteroatoms. The number of aryl methyl sites for hydroxylation is 1. The Morgan fingerprint density at radius 2 is 1.33 bits per heavy atom. The molecule has 1 aliphatic carbocycles. The maximum atomic E-state index is 13.1. The van der Waals surface area contributed by atoms with Gasteiger partial charge in [-0.2, -0.15) is 0 Å². The fourth-order valence-electron chi connectivity index (χ4n) is 5.21. The number of hydrogen-bond acceptors (Lipinski definition) is 5. The summed E-state index contributed by atoms with van der Waals surface area (Å²) in [5.41, 5.74) is 7.73. The minimum absolute atomic E-state index is 0.0546. The van der Waals surface area contributed by atoms with Crippen LogP contribution in [0, 0.1) is 12.8 Å². The molecule has 0 unspecified atom stereocenters. The highest BCUT2D eigenvalue weighted by atomic mass is 16.6. The van der Waals surface area contributed by atoms with Crippen LogP contribution in [0.2, 0.25) is 0 Å². The Bertz CT molecular complexity index is 1470. The highest BCUT2D eigenvalue weighted by molar-refractivity contribution is 5.82. The Hall–Kier alpha value is -4.58. The van der Waals surface area contributed by atoms with Gasteiger partial charge in [0.15, 0.2) is 0 Å². The van der Waals surface area contributed by atoms with Crippen LogP contribution in [0.25, 0.3) is 11.1 Å².